The topological polar surface area (TPSA) is 72.7 Å². The molecule has 6 nitrogen and oxygen atoms in total. The number of pyridine rings is 1. The number of carbonyl (C=O) groups is 1. The Balaban J connectivity index is 2.05. The molecule has 0 aliphatic carbocycles. The van der Waals surface area contributed by atoms with Gasteiger partial charge in [-0.1, -0.05) is 45.5 Å². The lowest BCUT2D eigenvalue weighted by Gasteiger charge is -2.19. The van der Waals surface area contributed by atoms with Crippen LogP contribution in [-0.4, -0.2) is 30.9 Å². The van der Waals surface area contributed by atoms with E-state index in [1.165, 1.54) is 11.8 Å². The molecule has 0 radical (unpaired) electrons. The van der Waals surface area contributed by atoms with Crippen molar-refractivity contribution in [3.8, 4) is 0 Å². The van der Waals surface area contributed by atoms with E-state index in [0.29, 0.717) is 12.5 Å². The largest absolute Gasteiger partial charge is 0.351 e. The summed E-state index contributed by atoms with van der Waals surface area (Å²) in [5.41, 5.74) is 0.985. The highest BCUT2D eigenvalue weighted by Gasteiger charge is 2.26. The van der Waals surface area contributed by atoms with Crippen LogP contribution in [0.4, 0.5) is 0 Å². The van der Waals surface area contributed by atoms with Gasteiger partial charge in [-0.3, -0.25) is 9.78 Å². The van der Waals surface area contributed by atoms with Crippen molar-refractivity contribution in [3.63, 3.8) is 0 Å². The van der Waals surface area contributed by atoms with E-state index in [0.717, 1.165) is 16.5 Å². The van der Waals surface area contributed by atoms with Gasteiger partial charge >= 0.3 is 0 Å². The van der Waals surface area contributed by atoms with Crippen LogP contribution in [0.1, 0.15) is 45.0 Å². The number of hydrogen-bond donors (Lipinski definition) is 1. The number of carbonyl (C=O) groups excluding carboxylic acids is 1. The highest BCUT2D eigenvalue weighted by molar-refractivity contribution is 8.00. The zero-order chi connectivity index (χ0) is 17.7. The van der Waals surface area contributed by atoms with E-state index < -0.39 is 0 Å². The first-order valence-corrected chi connectivity index (χ1v) is 9.00. The van der Waals surface area contributed by atoms with Gasteiger partial charge in [0.15, 0.2) is 5.16 Å². The predicted molar refractivity (Wildman–Crippen MR) is 95.7 cm³/mol. The second-order valence-corrected chi connectivity index (χ2v) is 7.52. The van der Waals surface area contributed by atoms with Crippen LogP contribution in [0.5, 0.6) is 0 Å². The summed E-state index contributed by atoms with van der Waals surface area (Å²) in [4.78, 5) is 16.7. The van der Waals surface area contributed by atoms with Crippen LogP contribution >= 0.6 is 11.8 Å². The van der Waals surface area contributed by atoms with E-state index in [-0.39, 0.29) is 17.1 Å². The molecule has 1 atom stereocenters. The van der Waals surface area contributed by atoms with Crippen LogP contribution in [0.25, 0.3) is 0 Å². The number of hydrogen-bond acceptors (Lipinski definition) is 5. The van der Waals surface area contributed by atoms with E-state index in [1.807, 2.05) is 37.6 Å². The molecule has 1 unspecified atom stereocenters. The Hall–Kier alpha value is -1.89. The number of nitrogens with one attached hydrogen (secondary N) is 1. The Morgan fingerprint density at radius 3 is 2.58 bits per heavy atom. The highest BCUT2D eigenvalue weighted by Crippen LogP contribution is 2.28. The van der Waals surface area contributed by atoms with Crippen molar-refractivity contribution in [2.45, 2.75) is 50.6 Å². The lowest BCUT2D eigenvalue weighted by atomic mass is 10.1. The summed E-state index contributed by atoms with van der Waals surface area (Å²) in [7, 11) is 1.95. The minimum Gasteiger partial charge on any atom is -0.351 e. The zero-order valence-corrected chi connectivity index (χ0v) is 15.7. The highest BCUT2D eigenvalue weighted by atomic mass is 32.2. The lowest BCUT2D eigenvalue weighted by Crippen LogP contribution is -2.35. The maximum Gasteiger partial charge on any atom is 0.234 e. The third kappa shape index (κ3) is 4.56. The van der Waals surface area contributed by atoms with Crippen molar-refractivity contribution >= 4 is 17.7 Å². The molecule has 0 aliphatic rings. The van der Waals surface area contributed by atoms with Gasteiger partial charge in [-0.05, 0) is 17.5 Å². The molecule has 0 bridgehead atoms. The van der Waals surface area contributed by atoms with E-state index in [1.54, 1.807) is 12.4 Å². The molecular formula is C17H25N5OS. The molecule has 130 valence electrons. The molecule has 0 saturated carbocycles. The van der Waals surface area contributed by atoms with Gasteiger partial charge in [0.05, 0.1) is 5.25 Å². The number of amides is 1. The molecule has 0 aliphatic heterocycles. The predicted octanol–water partition coefficient (Wildman–Crippen LogP) is 2.77. The molecule has 0 saturated heterocycles. The molecule has 7 heteroatoms. The second kappa shape index (κ2) is 8.28. The molecule has 0 fully saturated rings. The average molecular weight is 347 g/mol. The minimum atomic E-state index is -0.218. The summed E-state index contributed by atoms with van der Waals surface area (Å²) in [6, 6.07) is 3.81. The van der Waals surface area contributed by atoms with Crippen LogP contribution in [0.15, 0.2) is 29.7 Å². The van der Waals surface area contributed by atoms with Crippen LogP contribution in [-0.2, 0) is 18.4 Å². The fraction of sp³-hybridized carbons (Fsp3) is 0.529. The van der Waals surface area contributed by atoms with Crippen molar-refractivity contribution in [1.82, 2.24) is 25.1 Å². The SMILES string of the molecule is CC(C)c1nnc(SC(C(=O)NCc2cccnc2)C(C)C)n1C. The molecule has 2 aromatic heterocycles. The van der Waals surface area contributed by atoms with Crippen LogP contribution in [0.2, 0.25) is 0 Å². The van der Waals surface area contributed by atoms with E-state index in [9.17, 15) is 4.79 Å². The number of aromatic nitrogens is 4. The van der Waals surface area contributed by atoms with Crippen LogP contribution in [0, 0.1) is 5.92 Å². The van der Waals surface area contributed by atoms with Gasteiger partial charge in [0.1, 0.15) is 5.82 Å². The van der Waals surface area contributed by atoms with Crippen molar-refractivity contribution in [3.05, 3.63) is 35.9 Å². The molecule has 2 rings (SSSR count). The quantitative estimate of drug-likeness (QED) is 0.780. The Kier molecular flexibility index (Phi) is 6.36. The monoisotopic (exact) mass is 347 g/mol. The molecule has 1 N–H and O–H groups in total. The summed E-state index contributed by atoms with van der Waals surface area (Å²) >= 11 is 1.47. The number of thioether (sulfide) groups is 1. The minimum absolute atomic E-state index is 0.00736. The Morgan fingerprint density at radius 1 is 1.29 bits per heavy atom. The molecule has 0 aromatic carbocycles. The summed E-state index contributed by atoms with van der Waals surface area (Å²) in [6.07, 6.45) is 3.48. The fourth-order valence-corrected chi connectivity index (χ4v) is 3.36. The molecule has 2 aromatic rings. The Bertz CT molecular complexity index is 669. The molecule has 1 amide bonds. The third-order valence-electron chi connectivity index (χ3n) is 3.67. The molecular weight excluding hydrogens is 322 g/mol. The maximum atomic E-state index is 12.6. The first kappa shape index (κ1) is 18.4. The van der Waals surface area contributed by atoms with Gasteiger partial charge in [-0.25, -0.2) is 0 Å². The lowest BCUT2D eigenvalue weighted by molar-refractivity contribution is -0.121. The van der Waals surface area contributed by atoms with Gasteiger partial charge in [0.2, 0.25) is 5.91 Å². The van der Waals surface area contributed by atoms with Gasteiger partial charge in [-0.2, -0.15) is 0 Å². The summed E-state index contributed by atoms with van der Waals surface area (Å²) in [5.74, 6) is 1.42. The number of rotatable bonds is 7. The number of nitrogens with zero attached hydrogens (tertiary/aromatic N) is 4. The van der Waals surface area contributed by atoms with Crippen molar-refractivity contribution in [2.75, 3.05) is 0 Å². The van der Waals surface area contributed by atoms with Gasteiger partial charge < -0.3 is 9.88 Å². The zero-order valence-electron chi connectivity index (χ0n) is 14.9. The third-order valence-corrected chi connectivity index (χ3v) is 5.25. The summed E-state index contributed by atoms with van der Waals surface area (Å²) in [5, 5.41) is 12.0. The summed E-state index contributed by atoms with van der Waals surface area (Å²) < 4.78 is 1.97. The van der Waals surface area contributed by atoms with Gasteiger partial charge in [-0.15, -0.1) is 10.2 Å². The van der Waals surface area contributed by atoms with E-state index in [4.69, 9.17) is 0 Å². The average Bonchev–Trinajstić information content (AvgIpc) is 2.92. The second-order valence-electron chi connectivity index (χ2n) is 6.42. The van der Waals surface area contributed by atoms with E-state index in [2.05, 4.69) is 34.3 Å². The smallest absolute Gasteiger partial charge is 0.234 e. The first-order chi connectivity index (χ1) is 11.4. The van der Waals surface area contributed by atoms with Gasteiger partial charge in [0.25, 0.3) is 0 Å². The first-order valence-electron chi connectivity index (χ1n) is 8.12. The molecule has 24 heavy (non-hydrogen) atoms. The molecule has 0 spiro atoms. The van der Waals surface area contributed by atoms with Gasteiger partial charge in [0, 0.05) is 31.9 Å². The van der Waals surface area contributed by atoms with Crippen molar-refractivity contribution < 1.29 is 4.79 Å². The maximum absolute atomic E-state index is 12.6. The van der Waals surface area contributed by atoms with E-state index >= 15 is 0 Å². The van der Waals surface area contributed by atoms with Crippen LogP contribution in [0.3, 0.4) is 0 Å². The Labute approximate surface area is 147 Å². The Morgan fingerprint density at radius 2 is 2.04 bits per heavy atom. The van der Waals surface area contributed by atoms with Crippen molar-refractivity contribution in [2.24, 2.45) is 13.0 Å². The molecule has 2 heterocycles. The fourth-order valence-electron chi connectivity index (χ4n) is 2.33. The van der Waals surface area contributed by atoms with Crippen LogP contribution < -0.4 is 5.32 Å². The summed E-state index contributed by atoms with van der Waals surface area (Å²) in [6.45, 7) is 8.73. The van der Waals surface area contributed by atoms with Crippen molar-refractivity contribution in [1.29, 1.82) is 0 Å². The standard InChI is InChI=1S/C17H25N5OS/c1-11(2)14(16(23)19-10-13-7-6-8-18-9-13)24-17-21-20-15(12(3)4)22(17)5/h6-9,11-12,14H,10H2,1-5H3,(H,19,23). The normalized spacial score (nSPS) is 12.6.